The fraction of sp³-hybridized carbons (Fsp3) is 0.188. The van der Waals surface area contributed by atoms with Crippen molar-refractivity contribution in [1.82, 2.24) is 0 Å². The maximum Gasteiger partial charge on any atom is 0.169 e. The first kappa shape index (κ1) is 13.6. The van der Waals surface area contributed by atoms with Crippen molar-refractivity contribution in [2.75, 3.05) is 5.73 Å². The van der Waals surface area contributed by atoms with Gasteiger partial charge in [-0.1, -0.05) is 29.8 Å². The van der Waals surface area contributed by atoms with E-state index in [4.69, 9.17) is 17.3 Å². The maximum atomic E-state index is 12.3. The molecule has 3 heteroatoms. The predicted molar refractivity (Wildman–Crippen MR) is 79.8 cm³/mol. The highest BCUT2D eigenvalue weighted by molar-refractivity contribution is 6.31. The van der Waals surface area contributed by atoms with Gasteiger partial charge < -0.3 is 5.73 Å². The highest BCUT2D eigenvalue weighted by atomic mass is 35.5. The molecule has 2 rings (SSSR count). The van der Waals surface area contributed by atoms with E-state index in [0.717, 1.165) is 16.7 Å². The van der Waals surface area contributed by atoms with Crippen LogP contribution in [0.3, 0.4) is 0 Å². The predicted octanol–water partition coefficient (Wildman–Crippen LogP) is 3.96. The average molecular weight is 274 g/mol. The third-order valence-corrected chi connectivity index (χ3v) is 3.53. The van der Waals surface area contributed by atoms with E-state index >= 15 is 0 Å². The monoisotopic (exact) mass is 273 g/mol. The van der Waals surface area contributed by atoms with Gasteiger partial charge in [0, 0.05) is 22.7 Å². The summed E-state index contributed by atoms with van der Waals surface area (Å²) in [5, 5.41) is 0.543. The topological polar surface area (TPSA) is 43.1 Å². The van der Waals surface area contributed by atoms with Gasteiger partial charge in [-0.3, -0.25) is 4.79 Å². The van der Waals surface area contributed by atoms with Crippen molar-refractivity contribution < 1.29 is 4.79 Å². The molecule has 0 aliphatic heterocycles. The second-order valence-electron chi connectivity index (χ2n) is 4.70. The van der Waals surface area contributed by atoms with E-state index in [1.165, 1.54) is 0 Å². The van der Waals surface area contributed by atoms with E-state index in [9.17, 15) is 4.79 Å². The molecule has 0 fully saturated rings. The molecule has 2 aromatic rings. The quantitative estimate of drug-likeness (QED) is 0.679. The summed E-state index contributed by atoms with van der Waals surface area (Å²) in [6.07, 6.45) is 0.365. The van der Waals surface area contributed by atoms with E-state index < -0.39 is 0 Å². The van der Waals surface area contributed by atoms with E-state index in [1.807, 2.05) is 32.0 Å². The van der Waals surface area contributed by atoms with Gasteiger partial charge in [0.25, 0.3) is 0 Å². The van der Waals surface area contributed by atoms with Crippen LogP contribution in [0.15, 0.2) is 36.4 Å². The molecule has 0 heterocycles. The maximum absolute atomic E-state index is 12.3. The summed E-state index contributed by atoms with van der Waals surface area (Å²) < 4.78 is 0. The largest absolute Gasteiger partial charge is 0.398 e. The third-order valence-electron chi connectivity index (χ3n) is 3.30. The number of halogens is 1. The molecule has 0 saturated carbocycles. The Labute approximate surface area is 118 Å². The van der Waals surface area contributed by atoms with Crippen LogP contribution >= 0.6 is 11.6 Å². The van der Waals surface area contributed by atoms with Crippen molar-refractivity contribution in [3.05, 3.63) is 63.7 Å². The van der Waals surface area contributed by atoms with Crippen molar-refractivity contribution in [2.24, 2.45) is 0 Å². The normalized spacial score (nSPS) is 10.5. The van der Waals surface area contributed by atoms with Crippen LogP contribution in [0.2, 0.25) is 5.02 Å². The fourth-order valence-electron chi connectivity index (χ4n) is 2.17. The molecule has 2 nitrogen and oxygen atoms in total. The molecule has 0 aliphatic carbocycles. The molecule has 0 saturated heterocycles. The number of benzene rings is 2. The molecule has 2 N–H and O–H groups in total. The molecule has 0 atom stereocenters. The number of carbonyl (C=O) groups excluding carboxylic acids is 1. The fourth-order valence-corrected chi connectivity index (χ4v) is 2.35. The molecule has 0 aliphatic rings. The van der Waals surface area contributed by atoms with Crippen LogP contribution in [0.5, 0.6) is 0 Å². The molecule has 0 unspecified atom stereocenters. The number of anilines is 1. The van der Waals surface area contributed by atoms with Crippen LogP contribution in [0.1, 0.15) is 27.0 Å². The lowest BCUT2D eigenvalue weighted by Gasteiger charge is -2.10. The molecule has 19 heavy (non-hydrogen) atoms. The molecule has 0 aromatic heterocycles. The van der Waals surface area contributed by atoms with Gasteiger partial charge in [-0.15, -0.1) is 0 Å². The van der Waals surface area contributed by atoms with E-state index in [2.05, 4.69) is 0 Å². The van der Waals surface area contributed by atoms with Crippen molar-refractivity contribution in [2.45, 2.75) is 20.3 Å². The number of nitrogen functional groups attached to an aromatic ring is 1. The van der Waals surface area contributed by atoms with Gasteiger partial charge in [-0.05, 0) is 48.7 Å². The van der Waals surface area contributed by atoms with Crippen molar-refractivity contribution in [3.63, 3.8) is 0 Å². The van der Waals surface area contributed by atoms with Gasteiger partial charge in [0.15, 0.2) is 5.78 Å². The van der Waals surface area contributed by atoms with Gasteiger partial charge in [0.05, 0.1) is 0 Å². The second-order valence-corrected chi connectivity index (χ2v) is 5.14. The Bertz CT molecular complexity index is 614. The zero-order valence-corrected chi connectivity index (χ0v) is 11.8. The Morgan fingerprint density at radius 1 is 1.16 bits per heavy atom. The van der Waals surface area contributed by atoms with Gasteiger partial charge in [0.2, 0.25) is 0 Å². The molecule has 0 bridgehead atoms. The Morgan fingerprint density at radius 2 is 1.79 bits per heavy atom. The van der Waals surface area contributed by atoms with Crippen LogP contribution in [-0.2, 0) is 6.42 Å². The van der Waals surface area contributed by atoms with Crippen molar-refractivity contribution in [3.8, 4) is 0 Å². The first-order chi connectivity index (χ1) is 8.99. The minimum atomic E-state index is 0.0200. The second kappa shape index (κ2) is 5.45. The summed E-state index contributed by atoms with van der Waals surface area (Å²) in [5.41, 5.74) is 10.1. The summed E-state index contributed by atoms with van der Waals surface area (Å²) in [5.74, 6) is 0.0200. The first-order valence-electron chi connectivity index (χ1n) is 6.12. The van der Waals surface area contributed by atoms with Gasteiger partial charge >= 0.3 is 0 Å². The Hall–Kier alpha value is -1.80. The highest BCUT2D eigenvalue weighted by Gasteiger charge is 2.13. The lowest BCUT2D eigenvalue weighted by molar-refractivity contribution is 0.0993. The number of nitrogens with two attached hydrogens (primary N) is 1. The smallest absolute Gasteiger partial charge is 0.169 e. The molecular weight excluding hydrogens is 258 g/mol. The summed E-state index contributed by atoms with van der Waals surface area (Å²) in [6, 6.07) is 11.0. The summed E-state index contributed by atoms with van der Waals surface area (Å²) >= 11 is 5.84. The molecule has 0 spiro atoms. The molecule has 0 radical (unpaired) electrons. The lowest BCUT2D eigenvalue weighted by Crippen LogP contribution is -2.09. The Kier molecular flexibility index (Phi) is 3.91. The number of ketones is 1. The number of hydrogen-bond donors (Lipinski definition) is 1. The zero-order chi connectivity index (χ0) is 14.0. The average Bonchev–Trinajstić information content (AvgIpc) is 2.33. The Morgan fingerprint density at radius 3 is 2.37 bits per heavy atom. The first-order valence-corrected chi connectivity index (χ1v) is 6.50. The minimum Gasteiger partial charge on any atom is -0.398 e. The highest BCUT2D eigenvalue weighted by Crippen LogP contribution is 2.21. The van der Waals surface area contributed by atoms with E-state index in [0.29, 0.717) is 22.7 Å². The number of hydrogen-bond acceptors (Lipinski definition) is 2. The number of Topliss-reactive ketones (excluding diaryl/α,β-unsaturated/α-hetero) is 1. The van der Waals surface area contributed by atoms with Crippen LogP contribution in [-0.4, -0.2) is 5.78 Å². The zero-order valence-electron chi connectivity index (χ0n) is 11.0. The number of rotatable bonds is 3. The van der Waals surface area contributed by atoms with Crippen LogP contribution in [0.25, 0.3) is 0 Å². The van der Waals surface area contributed by atoms with E-state index in [-0.39, 0.29) is 5.78 Å². The summed E-state index contributed by atoms with van der Waals surface area (Å²) in [7, 11) is 0. The molecular formula is C16H16ClNO. The molecule has 2 aromatic carbocycles. The summed E-state index contributed by atoms with van der Waals surface area (Å²) in [6.45, 7) is 4.03. The van der Waals surface area contributed by atoms with Crippen LogP contribution in [0, 0.1) is 13.8 Å². The number of carbonyl (C=O) groups is 1. The third kappa shape index (κ3) is 2.96. The minimum absolute atomic E-state index is 0.0200. The summed E-state index contributed by atoms with van der Waals surface area (Å²) in [4.78, 5) is 12.3. The van der Waals surface area contributed by atoms with Crippen molar-refractivity contribution >= 4 is 23.1 Å². The lowest BCUT2D eigenvalue weighted by atomic mass is 9.95. The van der Waals surface area contributed by atoms with Crippen molar-refractivity contribution in [1.29, 1.82) is 0 Å². The van der Waals surface area contributed by atoms with Crippen LogP contribution in [0.4, 0.5) is 5.69 Å². The standard InChI is InChI=1S/C16H16ClNO/c1-10-4-3-5-11(2)14(10)9-16(19)13-7-6-12(17)8-15(13)18/h3-8H,9,18H2,1-2H3. The van der Waals surface area contributed by atoms with Gasteiger partial charge in [0.1, 0.15) is 0 Å². The SMILES string of the molecule is Cc1cccc(C)c1CC(=O)c1ccc(Cl)cc1N. The van der Waals surface area contributed by atoms with Gasteiger partial charge in [-0.2, -0.15) is 0 Å². The van der Waals surface area contributed by atoms with E-state index in [1.54, 1.807) is 18.2 Å². The van der Waals surface area contributed by atoms with Crippen LogP contribution < -0.4 is 5.73 Å². The molecule has 98 valence electrons. The van der Waals surface area contributed by atoms with Gasteiger partial charge in [-0.25, -0.2) is 0 Å². The Balaban J connectivity index is 2.31. The molecule has 0 amide bonds. The number of aryl methyl sites for hydroxylation is 2.